The highest BCUT2D eigenvalue weighted by Gasteiger charge is 2.13. The average Bonchev–Trinajstić information content (AvgIpc) is 2.25. The number of hydrogen-bond acceptors (Lipinski definition) is 3. The summed E-state index contributed by atoms with van der Waals surface area (Å²) in [5.74, 6) is -0.812. The van der Waals surface area contributed by atoms with Crippen LogP contribution in [0, 0.1) is 0 Å². The number of benzene rings is 1. The topological polar surface area (TPSA) is 57.6 Å². The van der Waals surface area contributed by atoms with Gasteiger partial charge in [-0.05, 0) is 18.2 Å². The molecule has 0 aromatic heterocycles. The maximum absolute atomic E-state index is 11.4. The first-order chi connectivity index (χ1) is 7.91. The molecule has 4 nitrogen and oxygen atoms in total. The number of halogens is 1. The number of carboxylic acid groups (broad SMARTS) is 1. The summed E-state index contributed by atoms with van der Waals surface area (Å²) in [4.78, 5) is 24.5. The minimum absolute atomic E-state index is 0.0497. The molecule has 0 aliphatic rings. The van der Waals surface area contributed by atoms with Crippen LogP contribution >= 0.6 is 27.7 Å². The average molecular weight is 318 g/mol. The number of carboxylic acids is 1. The van der Waals surface area contributed by atoms with E-state index in [1.807, 2.05) is 0 Å². The van der Waals surface area contributed by atoms with Gasteiger partial charge in [-0.15, -0.1) is 11.8 Å². The zero-order valence-corrected chi connectivity index (χ0v) is 11.8. The Morgan fingerprint density at radius 1 is 1.41 bits per heavy atom. The Balaban J connectivity index is 2.86. The highest BCUT2D eigenvalue weighted by atomic mass is 79.9. The fraction of sp³-hybridized carbons (Fsp3) is 0.273. The maximum Gasteiger partial charge on any atom is 0.336 e. The van der Waals surface area contributed by atoms with E-state index in [1.165, 1.54) is 22.7 Å². The molecule has 1 rings (SSSR count). The van der Waals surface area contributed by atoms with E-state index in [1.54, 1.807) is 26.2 Å². The summed E-state index contributed by atoms with van der Waals surface area (Å²) in [6.45, 7) is 0. The lowest BCUT2D eigenvalue weighted by Gasteiger charge is -2.10. The molecule has 0 saturated heterocycles. The fourth-order valence-electron chi connectivity index (χ4n) is 1.06. The Morgan fingerprint density at radius 2 is 2.06 bits per heavy atom. The molecule has 17 heavy (non-hydrogen) atoms. The van der Waals surface area contributed by atoms with Crippen LogP contribution in [0.2, 0.25) is 0 Å². The molecule has 0 unspecified atom stereocenters. The molecule has 1 aromatic carbocycles. The maximum atomic E-state index is 11.4. The number of carbonyl (C=O) groups is 2. The standard InChI is InChI=1S/C11H12BrNO3S/c1-13(2)10(14)6-17-9-5-7(12)3-4-8(9)11(15)16/h3-5H,6H2,1-2H3,(H,15,16). The molecule has 6 heteroatoms. The lowest BCUT2D eigenvalue weighted by Crippen LogP contribution is -2.23. The van der Waals surface area contributed by atoms with Gasteiger partial charge in [-0.25, -0.2) is 4.79 Å². The SMILES string of the molecule is CN(C)C(=O)CSc1cc(Br)ccc1C(=O)O. The van der Waals surface area contributed by atoms with Gasteiger partial charge in [0, 0.05) is 23.5 Å². The first-order valence-electron chi connectivity index (χ1n) is 4.77. The highest BCUT2D eigenvalue weighted by Crippen LogP contribution is 2.26. The lowest BCUT2D eigenvalue weighted by atomic mass is 10.2. The summed E-state index contributed by atoms with van der Waals surface area (Å²) < 4.78 is 0.794. The normalized spacial score (nSPS) is 10.1. The largest absolute Gasteiger partial charge is 0.478 e. The predicted octanol–water partition coefficient (Wildman–Crippen LogP) is 2.33. The minimum Gasteiger partial charge on any atom is -0.478 e. The molecule has 0 heterocycles. The van der Waals surface area contributed by atoms with Crippen LogP contribution in [0.1, 0.15) is 10.4 Å². The molecule has 0 spiro atoms. The third-order valence-electron chi connectivity index (χ3n) is 2.02. The molecule has 0 aliphatic carbocycles. The van der Waals surface area contributed by atoms with Gasteiger partial charge in [-0.1, -0.05) is 15.9 Å². The number of aromatic carboxylic acids is 1. The van der Waals surface area contributed by atoms with E-state index in [9.17, 15) is 9.59 Å². The Kier molecular flexibility index (Phi) is 5.02. The van der Waals surface area contributed by atoms with Crippen LogP contribution in [0.5, 0.6) is 0 Å². The number of thioether (sulfide) groups is 1. The summed E-state index contributed by atoms with van der Waals surface area (Å²) in [5.41, 5.74) is 0.213. The molecule has 1 aromatic rings. The van der Waals surface area contributed by atoms with Crippen molar-refractivity contribution < 1.29 is 14.7 Å². The number of nitrogens with zero attached hydrogens (tertiary/aromatic N) is 1. The molecule has 92 valence electrons. The summed E-state index contributed by atoms with van der Waals surface area (Å²) in [5, 5.41) is 9.01. The molecule has 1 N–H and O–H groups in total. The van der Waals surface area contributed by atoms with Crippen LogP contribution in [-0.2, 0) is 4.79 Å². The van der Waals surface area contributed by atoms with Crippen LogP contribution in [0.15, 0.2) is 27.6 Å². The number of hydrogen-bond donors (Lipinski definition) is 1. The third-order valence-corrected chi connectivity index (χ3v) is 3.56. The predicted molar refractivity (Wildman–Crippen MR) is 70.5 cm³/mol. The van der Waals surface area contributed by atoms with Crippen molar-refractivity contribution in [3.63, 3.8) is 0 Å². The molecule has 0 bridgehead atoms. The smallest absolute Gasteiger partial charge is 0.336 e. The van der Waals surface area contributed by atoms with E-state index < -0.39 is 5.97 Å². The van der Waals surface area contributed by atoms with Crippen molar-refractivity contribution in [3.05, 3.63) is 28.2 Å². The van der Waals surface area contributed by atoms with E-state index in [4.69, 9.17) is 5.11 Å². The first-order valence-corrected chi connectivity index (χ1v) is 6.55. The fourth-order valence-corrected chi connectivity index (χ4v) is 2.63. The summed E-state index contributed by atoms with van der Waals surface area (Å²) >= 11 is 4.50. The molecule has 1 amide bonds. The molecule has 0 aliphatic heterocycles. The highest BCUT2D eigenvalue weighted by molar-refractivity contribution is 9.10. The summed E-state index contributed by atoms with van der Waals surface area (Å²) in [6, 6.07) is 4.90. The molecular weight excluding hydrogens is 306 g/mol. The van der Waals surface area contributed by atoms with E-state index in [0.29, 0.717) is 4.90 Å². The molecule has 0 atom stereocenters. The van der Waals surface area contributed by atoms with E-state index in [2.05, 4.69) is 15.9 Å². The molecular formula is C11H12BrNO3S. The van der Waals surface area contributed by atoms with Gasteiger partial charge in [0.15, 0.2) is 0 Å². The minimum atomic E-state index is -0.989. The number of rotatable bonds is 4. The molecule has 0 fully saturated rings. The van der Waals surface area contributed by atoms with E-state index in [-0.39, 0.29) is 17.2 Å². The van der Waals surface area contributed by atoms with E-state index >= 15 is 0 Å². The summed E-state index contributed by atoms with van der Waals surface area (Å²) in [7, 11) is 3.34. The lowest BCUT2D eigenvalue weighted by molar-refractivity contribution is -0.125. The second-order valence-corrected chi connectivity index (χ2v) is 5.46. The Hall–Kier alpha value is -1.01. The van der Waals surface area contributed by atoms with Gasteiger partial charge in [-0.3, -0.25) is 4.79 Å². The Bertz CT molecular complexity index is 448. The van der Waals surface area contributed by atoms with Crippen molar-refractivity contribution in [2.24, 2.45) is 0 Å². The van der Waals surface area contributed by atoms with Crippen molar-refractivity contribution in [1.29, 1.82) is 0 Å². The van der Waals surface area contributed by atoms with Gasteiger partial charge in [-0.2, -0.15) is 0 Å². The Morgan fingerprint density at radius 3 is 2.59 bits per heavy atom. The molecule has 0 saturated carbocycles. The zero-order chi connectivity index (χ0) is 13.0. The van der Waals surface area contributed by atoms with Crippen LogP contribution < -0.4 is 0 Å². The van der Waals surface area contributed by atoms with Gasteiger partial charge >= 0.3 is 5.97 Å². The van der Waals surface area contributed by atoms with Crippen molar-refractivity contribution in [2.75, 3.05) is 19.8 Å². The van der Waals surface area contributed by atoms with Gasteiger partial charge in [0.05, 0.1) is 11.3 Å². The summed E-state index contributed by atoms with van der Waals surface area (Å²) in [6.07, 6.45) is 0. The van der Waals surface area contributed by atoms with Gasteiger partial charge in [0.25, 0.3) is 0 Å². The van der Waals surface area contributed by atoms with E-state index in [0.717, 1.165) is 4.47 Å². The first kappa shape index (κ1) is 14.1. The van der Waals surface area contributed by atoms with Crippen LogP contribution in [0.3, 0.4) is 0 Å². The monoisotopic (exact) mass is 317 g/mol. The van der Waals surface area contributed by atoms with Gasteiger partial charge in [0.2, 0.25) is 5.91 Å². The second-order valence-electron chi connectivity index (χ2n) is 3.52. The number of carbonyl (C=O) groups excluding carboxylic acids is 1. The zero-order valence-electron chi connectivity index (χ0n) is 9.44. The van der Waals surface area contributed by atoms with Gasteiger partial charge < -0.3 is 10.0 Å². The number of amides is 1. The Labute approximate surface area is 112 Å². The second kappa shape index (κ2) is 6.07. The van der Waals surface area contributed by atoms with Crippen molar-refractivity contribution in [1.82, 2.24) is 4.90 Å². The van der Waals surface area contributed by atoms with Crippen molar-refractivity contribution in [2.45, 2.75) is 4.90 Å². The third kappa shape index (κ3) is 4.05. The quantitative estimate of drug-likeness (QED) is 0.866. The van der Waals surface area contributed by atoms with Gasteiger partial charge in [0.1, 0.15) is 0 Å². The molecule has 0 radical (unpaired) electrons. The van der Waals surface area contributed by atoms with Crippen LogP contribution in [0.4, 0.5) is 0 Å². The van der Waals surface area contributed by atoms with Crippen molar-refractivity contribution >= 4 is 39.6 Å². The van der Waals surface area contributed by atoms with Crippen molar-refractivity contribution in [3.8, 4) is 0 Å². The van der Waals surface area contributed by atoms with Crippen LogP contribution in [-0.4, -0.2) is 41.7 Å². The van der Waals surface area contributed by atoms with Crippen LogP contribution in [0.25, 0.3) is 0 Å².